The van der Waals surface area contributed by atoms with Crippen molar-refractivity contribution in [1.82, 2.24) is 29.2 Å². The van der Waals surface area contributed by atoms with Gasteiger partial charge in [-0.2, -0.15) is 5.10 Å². The molecule has 0 saturated heterocycles. The monoisotopic (exact) mass is 634 g/mol. The van der Waals surface area contributed by atoms with Gasteiger partial charge in [0.15, 0.2) is 11.3 Å². The lowest BCUT2D eigenvalue weighted by Crippen LogP contribution is -2.12. The summed E-state index contributed by atoms with van der Waals surface area (Å²) in [7, 11) is 0. The van der Waals surface area contributed by atoms with Crippen molar-refractivity contribution in [3.05, 3.63) is 113 Å². The molecule has 4 heterocycles. The van der Waals surface area contributed by atoms with Crippen molar-refractivity contribution < 1.29 is 4.57 Å². The molecule has 1 N–H and O–H groups in total. The maximum absolute atomic E-state index is 11.7. The van der Waals surface area contributed by atoms with Gasteiger partial charge < -0.3 is 0 Å². The second kappa shape index (κ2) is 14.0. The Hall–Kier alpha value is -3.13. The average Bonchev–Trinajstić information content (AvgIpc) is 3.60. The Bertz CT molecular complexity index is 1770. The molecular weight excluding hydrogens is 613 g/mol. The zero-order valence-electron chi connectivity index (χ0n) is 20.9. The maximum Gasteiger partial charge on any atom is 0.339 e. The third kappa shape index (κ3) is 9.22. The quantitative estimate of drug-likeness (QED) is 0.152. The molecule has 1 aliphatic carbocycles. The van der Waals surface area contributed by atoms with Crippen molar-refractivity contribution in [3.8, 4) is 22.3 Å². The van der Waals surface area contributed by atoms with Crippen LogP contribution in [-0.4, -0.2) is 29.2 Å². The number of aromatic nitrogens is 6. The molecule has 1 saturated carbocycles. The van der Waals surface area contributed by atoms with Crippen LogP contribution in [-0.2, 0) is 4.57 Å². The van der Waals surface area contributed by atoms with Crippen LogP contribution in [0.3, 0.4) is 0 Å². The van der Waals surface area contributed by atoms with E-state index in [1.165, 1.54) is 36.4 Å². The second-order valence-electron chi connectivity index (χ2n) is 8.45. The summed E-state index contributed by atoms with van der Waals surface area (Å²) in [6, 6.07) is 27.2. The molecular formula is C27H23Cl4N6O2P. The number of fused-ring (bicyclic) bond motifs is 2. The Balaban J connectivity index is 0.000000146. The van der Waals surface area contributed by atoms with E-state index < -0.39 is 5.20 Å². The molecule has 7 rings (SSSR count). The number of halogens is 4. The molecule has 40 heavy (non-hydrogen) atoms. The van der Waals surface area contributed by atoms with Crippen molar-refractivity contribution in [2.45, 2.75) is 19.3 Å². The highest BCUT2D eigenvalue weighted by Crippen LogP contribution is 2.61. The summed E-state index contributed by atoms with van der Waals surface area (Å²) in [5, 5.41) is 4.13. The second-order valence-corrected chi connectivity index (χ2v) is 15.5. The largest absolute Gasteiger partial charge is 0.339 e. The Morgan fingerprint density at radius 3 is 1.80 bits per heavy atom. The normalized spacial score (nSPS) is 11.9. The van der Waals surface area contributed by atoms with Gasteiger partial charge in [-0.1, -0.05) is 91.5 Å². The van der Waals surface area contributed by atoms with Gasteiger partial charge in [0.25, 0.3) is 5.56 Å². The third-order valence-corrected chi connectivity index (χ3v) is 5.57. The zero-order valence-corrected chi connectivity index (χ0v) is 24.8. The minimum Gasteiger partial charge on any atom is -0.279 e. The van der Waals surface area contributed by atoms with Gasteiger partial charge in [-0.05, 0) is 74.2 Å². The van der Waals surface area contributed by atoms with Crippen molar-refractivity contribution in [2.75, 3.05) is 0 Å². The topological polar surface area (TPSA) is 97.4 Å². The Kier molecular flexibility index (Phi) is 10.4. The molecule has 2 aromatic carbocycles. The molecule has 0 amide bonds. The van der Waals surface area contributed by atoms with Crippen molar-refractivity contribution in [3.63, 3.8) is 0 Å². The maximum atomic E-state index is 11.7. The molecule has 1 fully saturated rings. The number of nitrogens with zero attached hydrogens (tertiary/aromatic N) is 5. The lowest BCUT2D eigenvalue weighted by molar-refractivity contribution is 0.600. The van der Waals surface area contributed by atoms with Crippen LogP contribution in [0.4, 0.5) is 0 Å². The van der Waals surface area contributed by atoms with Gasteiger partial charge in [0, 0.05) is 6.07 Å². The van der Waals surface area contributed by atoms with Crippen LogP contribution in [0.2, 0.25) is 5.15 Å². The highest BCUT2D eigenvalue weighted by molar-refractivity contribution is 8.24. The summed E-state index contributed by atoms with van der Waals surface area (Å²) in [6.45, 7) is 0. The number of nitrogens with one attached hydrogen (secondary N) is 1. The molecule has 0 unspecified atom stereocenters. The first kappa shape index (κ1) is 29.8. The zero-order chi connectivity index (χ0) is 28.5. The average molecular weight is 636 g/mol. The van der Waals surface area contributed by atoms with Crippen molar-refractivity contribution in [2.24, 2.45) is 0 Å². The van der Waals surface area contributed by atoms with E-state index >= 15 is 0 Å². The molecule has 0 bridgehead atoms. The van der Waals surface area contributed by atoms with Crippen LogP contribution in [0.1, 0.15) is 19.3 Å². The minimum absolute atomic E-state index is 0.103. The lowest BCUT2D eigenvalue weighted by Gasteiger charge is -2.03. The van der Waals surface area contributed by atoms with E-state index in [9.17, 15) is 9.36 Å². The number of H-pyrrole nitrogens is 1. The summed E-state index contributed by atoms with van der Waals surface area (Å²) in [4.78, 5) is 19.9. The van der Waals surface area contributed by atoms with Gasteiger partial charge in [-0.15, -0.1) is 0 Å². The van der Waals surface area contributed by atoms with Gasteiger partial charge in [-0.3, -0.25) is 14.5 Å². The number of aromatic amines is 1. The first-order valence-electron chi connectivity index (χ1n) is 12.0. The SMILES string of the molecule is C1CC1.Clc1cc(-c2ccccc2)cc2ncnn12.O=P(Cl)(Cl)Cl.O=c1cc(-c2ccccc2)cc2nc[nH]n12. The lowest BCUT2D eigenvalue weighted by atomic mass is 10.1. The molecule has 4 aromatic heterocycles. The molecule has 13 heteroatoms. The van der Waals surface area contributed by atoms with Gasteiger partial charge >= 0.3 is 5.20 Å². The van der Waals surface area contributed by atoms with Crippen LogP contribution in [0.5, 0.6) is 0 Å². The van der Waals surface area contributed by atoms with Crippen LogP contribution in [0.15, 0.2) is 102 Å². The minimum atomic E-state index is -3.22. The molecule has 0 aliphatic heterocycles. The Morgan fingerprint density at radius 2 is 1.25 bits per heavy atom. The fourth-order valence-electron chi connectivity index (χ4n) is 3.41. The highest BCUT2D eigenvalue weighted by atomic mass is 36.0. The third-order valence-electron chi connectivity index (χ3n) is 5.30. The number of benzene rings is 2. The van der Waals surface area contributed by atoms with Crippen LogP contribution in [0.25, 0.3) is 33.5 Å². The van der Waals surface area contributed by atoms with Crippen molar-refractivity contribution >= 4 is 61.8 Å². The summed E-state index contributed by atoms with van der Waals surface area (Å²) in [5.74, 6) is 0. The van der Waals surface area contributed by atoms with E-state index in [0.717, 1.165) is 27.9 Å². The van der Waals surface area contributed by atoms with E-state index in [2.05, 4.69) is 53.9 Å². The molecule has 8 nitrogen and oxygen atoms in total. The van der Waals surface area contributed by atoms with Crippen LogP contribution in [0, 0.1) is 0 Å². The molecule has 0 spiro atoms. The number of hydrogen-bond acceptors (Lipinski definition) is 5. The summed E-state index contributed by atoms with van der Waals surface area (Å²) < 4.78 is 12.5. The summed E-state index contributed by atoms with van der Waals surface area (Å²) in [5.41, 5.74) is 5.36. The van der Waals surface area contributed by atoms with E-state index in [1.807, 2.05) is 78.9 Å². The smallest absolute Gasteiger partial charge is 0.279 e. The van der Waals surface area contributed by atoms with E-state index in [-0.39, 0.29) is 5.56 Å². The number of pyridine rings is 2. The summed E-state index contributed by atoms with van der Waals surface area (Å²) in [6.07, 6.45) is 7.50. The van der Waals surface area contributed by atoms with Gasteiger partial charge in [0.2, 0.25) is 0 Å². The van der Waals surface area contributed by atoms with Crippen LogP contribution < -0.4 is 5.56 Å². The van der Waals surface area contributed by atoms with Gasteiger partial charge in [0.05, 0.1) is 0 Å². The van der Waals surface area contributed by atoms with Crippen molar-refractivity contribution in [1.29, 1.82) is 0 Å². The fraction of sp³-hybridized carbons (Fsp3) is 0.111. The Labute approximate surface area is 249 Å². The Morgan fingerprint density at radius 1 is 0.725 bits per heavy atom. The number of rotatable bonds is 2. The first-order valence-corrected chi connectivity index (χ1v) is 16.8. The number of hydrogen-bond donors (Lipinski definition) is 1. The van der Waals surface area contributed by atoms with E-state index in [1.54, 1.807) is 10.6 Å². The summed E-state index contributed by atoms with van der Waals surface area (Å²) >= 11 is 20.0. The molecule has 6 aromatic rings. The van der Waals surface area contributed by atoms with Crippen LogP contribution >= 0.6 is 50.5 Å². The first-order chi connectivity index (χ1) is 19.2. The van der Waals surface area contributed by atoms with E-state index in [4.69, 9.17) is 11.6 Å². The van der Waals surface area contributed by atoms with Gasteiger partial charge in [0.1, 0.15) is 17.8 Å². The molecule has 1 aliphatic rings. The predicted molar refractivity (Wildman–Crippen MR) is 164 cm³/mol. The molecule has 0 atom stereocenters. The standard InChI is InChI=1S/C12H8ClN3.C12H9N3O.C3H6.Cl3OP/c13-11-6-10(9-4-2-1-3-5-9)7-12-14-8-15-16(11)12;16-12-7-10(9-4-2-1-3-5-9)6-11-13-8-14-15(11)12;1-2-3-1;1-5(2,3)4/h1-8H;1-8H,(H,13,14);1-3H2;. The highest BCUT2D eigenvalue weighted by Gasteiger charge is 2.06. The fourth-order valence-corrected chi connectivity index (χ4v) is 3.66. The van der Waals surface area contributed by atoms with Gasteiger partial charge in [-0.25, -0.2) is 19.0 Å². The van der Waals surface area contributed by atoms with E-state index in [0.29, 0.717) is 10.8 Å². The molecule has 206 valence electrons. The molecule has 0 radical (unpaired) electrons. The predicted octanol–water partition coefficient (Wildman–Crippen LogP) is 8.72.